The second-order valence-electron chi connectivity index (χ2n) is 8.72. The lowest BCUT2D eigenvalue weighted by Crippen LogP contribution is -2.35. The van der Waals surface area contributed by atoms with Gasteiger partial charge in [0.05, 0.1) is 38.2 Å². The minimum absolute atomic E-state index is 0.623. The van der Waals surface area contributed by atoms with Crippen LogP contribution in [-0.4, -0.2) is 53.1 Å². The number of benzene rings is 2. The number of aromatic nitrogens is 3. The second-order valence-corrected chi connectivity index (χ2v) is 8.72. The van der Waals surface area contributed by atoms with Gasteiger partial charge in [0.2, 0.25) is 0 Å². The monoisotopic (exact) mass is 473 g/mol. The Balaban J connectivity index is 1.42. The SMILES string of the molecule is COc1cccc(CN(Cc2cccc(-n3cccn3)c2)c2nc(C)c(CN3CCOCC3)o2)c1. The molecule has 0 spiro atoms. The quantitative estimate of drug-likeness (QED) is 0.361. The molecule has 4 aromatic rings. The summed E-state index contributed by atoms with van der Waals surface area (Å²) in [6.07, 6.45) is 3.73. The molecular formula is C27H31N5O3. The molecule has 8 nitrogen and oxygen atoms in total. The Morgan fingerprint density at radius 2 is 1.77 bits per heavy atom. The fourth-order valence-electron chi connectivity index (χ4n) is 4.28. The summed E-state index contributed by atoms with van der Waals surface area (Å²) in [4.78, 5) is 9.36. The molecule has 0 aliphatic carbocycles. The number of ether oxygens (including phenoxy) is 2. The summed E-state index contributed by atoms with van der Waals surface area (Å²) in [6.45, 7) is 7.37. The number of oxazole rings is 1. The number of hydrogen-bond donors (Lipinski definition) is 0. The molecule has 1 aliphatic rings. The van der Waals surface area contributed by atoms with Crippen LogP contribution in [0, 0.1) is 6.92 Å². The minimum atomic E-state index is 0.623. The van der Waals surface area contributed by atoms with Crippen molar-refractivity contribution in [3.8, 4) is 11.4 Å². The van der Waals surface area contributed by atoms with Crippen LogP contribution in [0.4, 0.5) is 6.01 Å². The van der Waals surface area contributed by atoms with Crippen LogP contribution in [0.5, 0.6) is 5.75 Å². The molecule has 182 valence electrons. The van der Waals surface area contributed by atoms with E-state index in [4.69, 9.17) is 18.9 Å². The molecule has 35 heavy (non-hydrogen) atoms. The molecule has 3 heterocycles. The number of aryl methyl sites for hydroxylation is 1. The molecule has 1 saturated heterocycles. The van der Waals surface area contributed by atoms with Crippen molar-refractivity contribution in [1.82, 2.24) is 19.7 Å². The Morgan fingerprint density at radius 1 is 1.00 bits per heavy atom. The number of nitrogens with zero attached hydrogens (tertiary/aromatic N) is 5. The van der Waals surface area contributed by atoms with Crippen LogP contribution in [0.3, 0.4) is 0 Å². The van der Waals surface area contributed by atoms with Crippen molar-refractivity contribution in [2.75, 3.05) is 38.3 Å². The van der Waals surface area contributed by atoms with Gasteiger partial charge in [0.25, 0.3) is 6.01 Å². The van der Waals surface area contributed by atoms with Crippen LogP contribution in [0.1, 0.15) is 22.6 Å². The average Bonchev–Trinajstić information content (AvgIpc) is 3.55. The maximum Gasteiger partial charge on any atom is 0.298 e. The summed E-state index contributed by atoms with van der Waals surface area (Å²) in [5.74, 6) is 1.74. The van der Waals surface area contributed by atoms with Gasteiger partial charge in [0, 0.05) is 38.6 Å². The highest BCUT2D eigenvalue weighted by atomic mass is 16.5. The molecule has 0 saturated carbocycles. The van der Waals surface area contributed by atoms with Crippen LogP contribution in [0.25, 0.3) is 5.69 Å². The fourth-order valence-corrected chi connectivity index (χ4v) is 4.28. The Hall–Kier alpha value is -3.62. The van der Waals surface area contributed by atoms with Gasteiger partial charge in [-0.15, -0.1) is 0 Å². The number of anilines is 1. The van der Waals surface area contributed by atoms with Crippen molar-refractivity contribution in [2.45, 2.75) is 26.6 Å². The maximum atomic E-state index is 6.37. The van der Waals surface area contributed by atoms with Crippen molar-refractivity contribution >= 4 is 6.01 Å². The van der Waals surface area contributed by atoms with E-state index in [1.807, 2.05) is 36.0 Å². The third kappa shape index (κ3) is 5.72. The van der Waals surface area contributed by atoms with Crippen LogP contribution in [0.15, 0.2) is 71.4 Å². The third-order valence-corrected chi connectivity index (χ3v) is 6.18. The second kappa shape index (κ2) is 10.8. The van der Waals surface area contributed by atoms with Crippen molar-refractivity contribution < 1.29 is 13.9 Å². The van der Waals surface area contributed by atoms with E-state index in [1.54, 1.807) is 13.3 Å². The first-order valence-corrected chi connectivity index (χ1v) is 11.9. The molecule has 5 rings (SSSR count). The van der Waals surface area contributed by atoms with E-state index in [2.05, 4.69) is 51.3 Å². The van der Waals surface area contributed by atoms with Crippen LogP contribution in [0.2, 0.25) is 0 Å². The maximum absolute atomic E-state index is 6.37. The van der Waals surface area contributed by atoms with Crippen LogP contribution < -0.4 is 9.64 Å². The number of rotatable bonds is 9. The largest absolute Gasteiger partial charge is 0.497 e. The highest BCUT2D eigenvalue weighted by molar-refractivity contribution is 5.40. The highest BCUT2D eigenvalue weighted by Gasteiger charge is 2.20. The van der Waals surface area contributed by atoms with Gasteiger partial charge in [-0.2, -0.15) is 10.1 Å². The summed E-state index contributed by atoms with van der Waals surface area (Å²) in [6, 6.07) is 19.0. The molecular weight excluding hydrogens is 442 g/mol. The topological polar surface area (TPSA) is 68.8 Å². The number of hydrogen-bond acceptors (Lipinski definition) is 7. The van der Waals surface area contributed by atoms with E-state index >= 15 is 0 Å². The molecule has 1 fully saturated rings. The number of morpholine rings is 1. The Morgan fingerprint density at radius 3 is 2.51 bits per heavy atom. The Kier molecular flexibility index (Phi) is 7.11. The standard InChI is InChI=1S/C27H31N5O3/c1-21-26(20-30-12-14-34-15-13-30)35-27(29-21)31(19-23-7-4-9-25(17-23)33-2)18-22-6-3-8-24(16-22)32-11-5-10-28-32/h3-11,16-17H,12-15,18-20H2,1-2H3. The first-order chi connectivity index (χ1) is 17.2. The molecule has 0 amide bonds. The van der Waals surface area contributed by atoms with Crippen LogP contribution >= 0.6 is 0 Å². The lowest BCUT2D eigenvalue weighted by atomic mass is 10.1. The Bertz CT molecular complexity index is 1230. The molecule has 1 aliphatic heterocycles. The summed E-state index contributed by atoms with van der Waals surface area (Å²) in [5.41, 5.74) is 4.21. The number of methoxy groups -OCH3 is 1. The molecule has 0 atom stereocenters. The first-order valence-electron chi connectivity index (χ1n) is 11.9. The predicted octanol–water partition coefficient (Wildman–Crippen LogP) is 4.22. The van der Waals surface area contributed by atoms with Crippen molar-refractivity contribution in [1.29, 1.82) is 0 Å². The van der Waals surface area contributed by atoms with E-state index in [0.717, 1.165) is 66.9 Å². The van der Waals surface area contributed by atoms with Gasteiger partial charge in [0.1, 0.15) is 11.5 Å². The van der Waals surface area contributed by atoms with E-state index in [0.29, 0.717) is 19.1 Å². The lowest BCUT2D eigenvalue weighted by Gasteiger charge is -2.25. The normalized spacial score (nSPS) is 14.2. The van der Waals surface area contributed by atoms with Gasteiger partial charge in [0.15, 0.2) is 0 Å². The molecule has 0 radical (unpaired) electrons. The average molecular weight is 474 g/mol. The van der Waals surface area contributed by atoms with Crippen molar-refractivity contribution in [3.05, 3.63) is 89.6 Å². The molecule has 0 unspecified atom stereocenters. The third-order valence-electron chi connectivity index (χ3n) is 6.18. The minimum Gasteiger partial charge on any atom is -0.497 e. The highest BCUT2D eigenvalue weighted by Crippen LogP contribution is 2.25. The molecule has 0 N–H and O–H groups in total. The van der Waals surface area contributed by atoms with Gasteiger partial charge < -0.3 is 18.8 Å². The van der Waals surface area contributed by atoms with Crippen LogP contribution in [-0.2, 0) is 24.4 Å². The summed E-state index contributed by atoms with van der Waals surface area (Å²) in [7, 11) is 1.69. The van der Waals surface area contributed by atoms with E-state index in [9.17, 15) is 0 Å². The summed E-state index contributed by atoms with van der Waals surface area (Å²) < 4.78 is 19.2. The van der Waals surface area contributed by atoms with Crippen molar-refractivity contribution in [3.63, 3.8) is 0 Å². The zero-order valence-corrected chi connectivity index (χ0v) is 20.3. The van der Waals surface area contributed by atoms with E-state index < -0.39 is 0 Å². The van der Waals surface area contributed by atoms with E-state index in [-0.39, 0.29) is 0 Å². The van der Waals surface area contributed by atoms with Gasteiger partial charge in [-0.3, -0.25) is 4.90 Å². The molecule has 8 heteroatoms. The fraction of sp³-hybridized carbons (Fsp3) is 0.333. The molecule has 2 aromatic carbocycles. The van der Waals surface area contributed by atoms with Gasteiger partial charge in [-0.1, -0.05) is 24.3 Å². The molecule has 2 aromatic heterocycles. The van der Waals surface area contributed by atoms with Gasteiger partial charge in [-0.05, 0) is 48.4 Å². The Labute approximate surface area is 205 Å². The van der Waals surface area contributed by atoms with E-state index in [1.165, 1.54) is 0 Å². The predicted molar refractivity (Wildman–Crippen MR) is 134 cm³/mol. The van der Waals surface area contributed by atoms with Gasteiger partial charge in [-0.25, -0.2) is 4.68 Å². The zero-order chi connectivity index (χ0) is 24.0. The van der Waals surface area contributed by atoms with Gasteiger partial charge >= 0.3 is 0 Å². The smallest absolute Gasteiger partial charge is 0.298 e. The zero-order valence-electron chi connectivity index (χ0n) is 20.3. The summed E-state index contributed by atoms with van der Waals surface area (Å²) in [5, 5.41) is 4.37. The first kappa shape index (κ1) is 23.1. The lowest BCUT2D eigenvalue weighted by molar-refractivity contribution is 0.0313. The van der Waals surface area contributed by atoms with Crippen molar-refractivity contribution in [2.24, 2.45) is 0 Å². The summed E-state index contributed by atoms with van der Waals surface area (Å²) >= 11 is 0. The molecule has 0 bridgehead atoms.